The van der Waals surface area contributed by atoms with Gasteiger partial charge in [-0.15, -0.1) is 0 Å². The van der Waals surface area contributed by atoms with E-state index in [9.17, 15) is 12.8 Å². The van der Waals surface area contributed by atoms with Crippen molar-refractivity contribution in [1.29, 1.82) is 0 Å². The minimum atomic E-state index is -3.49. The highest BCUT2D eigenvalue weighted by molar-refractivity contribution is 7.89. The standard InChI is InChI=1S/C16H22FNO2S/c17-14-6-10-16(11-7-14)21(19,20)18(15-8-9-15)12-13-4-2-1-3-5-13/h6-7,10-11,13,15H,1-5,8-9,12H2. The molecule has 2 aliphatic rings. The highest BCUT2D eigenvalue weighted by Crippen LogP contribution is 2.35. The van der Waals surface area contributed by atoms with Gasteiger partial charge >= 0.3 is 0 Å². The van der Waals surface area contributed by atoms with Gasteiger partial charge in [0.15, 0.2) is 0 Å². The minimum Gasteiger partial charge on any atom is -0.207 e. The molecule has 3 nitrogen and oxygen atoms in total. The van der Waals surface area contributed by atoms with Gasteiger partial charge in [0, 0.05) is 12.6 Å². The fraction of sp³-hybridized carbons (Fsp3) is 0.625. The van der Waals surface area contributed by atoms with Crippen molar-refractivity contribution < 1.29 is 12.8 Å². The number of sulfonamides is 1. The van der Waals surface area contributed by atoms with E-state index >= 15 is 0 Å². The van der Waals surface area contributed by atoms with Crippen molar-refractivity contribution >= 4 is 10.0 Å². The van der Waals surface area contributed by atoms with E-state index in [1.54, 1.807) is 4.31 Å². The number of benzene rings is 1. The maximum atomic E-state index is 13.0. The summed E-state index contributed by atoms with van der Waals surface area (Å²) in [4.78, 5) is 0.214. The minimum absolute atomic E-state index is 0.155. The Balaban J connectivity index is 1.80. The van der Waals surface area contributed by atoms with E-state index in [-0.39, 0.29) is 10.9 Å². The summed E-state index contributed by atoms with van der Waals surface area (Å²) in [5.74, 6) is 0.0776. The first-order valence-electron chi connectivity index (χ1n) is 7.85. The molecule has 0 aliphatic heterocycles. The van der Waals surface area contributed by atoms with Gasteiger partial charge in [-0.05, 0) is 55.9 Å². The van der Waals surface area contributed by atoms with E-state index < -0.39 is 15.8 Å². The lowest BCUT2D eigenvalue weighted by atomic mass is 9.89. The molecule has 0 spiro atoms. The summed E-state index contributed by atoms with van der Waals surface area (Å²) in [6.45, 7) is 0.629. The van der Waals surface area contributed by atoms with Crippen molar-refractivity contribution in [1.82, 2.24) is 4.31 Å². The Bertz CT molecular complexity index is 575. The normalized spacial score (nSPS) is 20.9. The molecule has 2 aliphatic carbocycles. The molecule has 21 heavy (non-hydrogen) atoms. The average molecular weight is 311 g/mol. The lowest BCUT2D eigenvalue weighted by Gasteiger charge is -2.29. The second kappa shape index (κ2) is 6.05. The first-order chi connectivity index (χ1) is 10.1. The molecule has 1 aromatic carbocycles. The van der Waals surface area contributed by atoms with Gasteiger partial charge in [0.2, 0.25) is 10.0 Å². The van der Waals surface area contributed by atoms with Crippen LogP contribution in [-0.2, 0) is 10.0 Å². The van der Waals surface area contributed by atoms with Gasteiger partial charge in [0.05, 0.1) is 4.90 Å². The molecule has 116 valence electrons. The molecular weight excluding hydrogens is 289 g/mol. The molecule has 0 N–H and O–H groups in total. The number of nitrogens with zero attached hydrogens (tertiary/aromatic N) is 1. The molecule has 0 heterocycles. The van der Waals surface area contributed by atoms with Crippen molar-refractivity contribution in [2.45, 2.75) is 55.9 Å². The van der Waals surface area contributed by atoms with E-state index in [0.717, 1.165) is 25.7 Å². The first-order valence-corrected chi connectivity index (χ1v) is 9.29. The van der Waals surface area contributed by atoms with Crippen LogP contribution < -0.4 is 0 Å². The van der Waals surface area contributed by atoms with E-state index in [0.29, 0.717) is 12.5 Å². The molecule has 3 rings (SSSR count). The topological polar surface area (TPSA) is 37.4 Å². The summed E-state index contributed by atoms with van der Waals surface area (Å²) < 4.78 is 40.3. The molecule has 2 fully saturated rings. The molecule has 0 aromatic heterocycles. The Morgan fingerprint density at radius 2 is 1.62 bits per heavy atom. The Kier molecular flexibility index (Phi) is 4.31. The van der Waals surface area contributed by atoms with Gasteiger partial charge in [0.1, 0.15) is 5.82 Å². The second-order valence-electron chi connectivity index (χ2n) is 6.26. The number of hydrogen-bond acceptors (Lipinski definition) is 2. The summed E-state index contributed by atoms with van der Waals surface area (Å²) in [5.41, 5.74) is 0. The second-order valence-corrected chi connectivity index (χ2v) is 8.15. The Labute approximate surface area is 126 Å². The van der Waals surface area contributed by atoms with Gasteiger partial charge in [-0.3, -0.25) is 0 Å². The Morgan fingerprint density at radius 1 is 1.00 bits per heavy atom. The zero-order valence-electron chi connectivity index (χ0n) is 12.2. The van der Waals surface area contributed by atoms with Gasteiger partial charge in [-0.2, -0.15) is 4.31 Å². The van der Waals surface area contributed by atoms with Crippen molar-refractivity contribution in [3.63, 3.8) is 0 Å². The zero-order valence-corrected chi connectivity index (χ0v) is 13.0. The number of rotatable bonds is 5. The summed E-state index contributed by atoms with van der Waals surface area (Å²) in [5, 5.41) is 0. The lowest BCUT2D eigenvalue weighted by Crippen LogP contribution is -2.37. The third-order valence-corrected chi connectivity index (χ3v) is 6.47. The smallest absolute Gasteiger partial charge is 0.207 e. The van der Waals surface area contributed by atoms with Gasteiger partial charge in [-0.25, -0.2) is 12.8 Å². The van der Waals surface area contributed by atoms with Crippen LogP contribution >= 0.6 is 0 Å². The molecule has 0 bridgehead atoms. The molecule has 5 heteroatoms. The third kappa shape index (κ3) is 3.46. The largest absolute Gasteiger partial charge is 0.243 e. The Morgan fingerprint density at radius 3 is 2.19 bits per heavy atom. The first kappa shape index (κ1) is 15.0. The molecule has 0 amide bonds. The maximum Gasteiger partial charge on any atom is 0.243 e. The van der Waals surface area contributed by atoms with Crippen LogP contribution in [-0.4, -0.2) is 25.3 Å². The van der Waals surface area contributed by atoms with Crippen LogP contribution in [0.15, 0.2) is 29.2 Å². The summed E-state index contributed by atoms with van der Waals surface area (Å²) >= 11 is 0. The molecule has 0 saturated heterocycles. The van der Waals surface area contributed by atoms with Gasteiger partial charge in [0.25, 0.3) is 0 Å². The predicted octanol–water partition coefficient (Wildman–Crippen LogP) is 3.56. The average Bonchev–Trinajstić information content (AvgIpc) is 3.31. The number of hydrogen-bond donors (Lipinski definition) is 0. The van der Waals surface area contributed by atoms with Crippen LogP contribution in [0.3, 0.4) is 0 Å². The van der Waals surface area contributed by atoms with Crippen LogP contribution in [0.25, 0.3) is 0 Å². The Hall–Kier alpha value is -0.940. The van der Waals surface area contributed by atoms with Crippen molar-refractivity contribution in [3.05, 3.63) is 30.1 Å². The molecule has 0 atom stereocenters. The van der Waals surface area contributed by atoms with Crippen LogP contribution in [0.1, 0.15) is 44.9 Å². The molecule has 0 radical (unpaired) electrons. The predicted molar refractivity (Wildman–Crippen MR) is 79.9 cm³/mol. The SMILES string of the molecule is O=S(=O)(c1ccc(F)cc1)N(CC1CCCCC1)C1CC1. The van der Waals surface area contributed by atoms with Gasteiger partial charge in [-0.1, -0.05) is 19.3 Å². The molecule has 2 saturated carbocycles. The zero-order chi connectivity index (χ0) is 14.9. The van der Waals surface area contributed by atoms with Crippen molar-refractivity contribution in [2.75, 3.05) is 6.54 Å². The maximum absolute atomic E-state index is 13.0. The molecular formula is C16H22FNO2S. The van der Waals surface area contributed by atoms with Gasteiger partial charge < -0.3 is 0 Å². The van der Waals surface area contributed by atoms with Crippen LogP contribution in [0.4, 0.5) is 4.39 Å². The highest BCUT2D eigenvalue weighted by atomic mass is 32.2. The van der Waals surface area contributed by atoms with Crippen molar-refractivity contribution in [3.8, 4) is 0 Å². The summed E-state index contributed by atoms with van der Waals surface area (Å²) in [6.07, 6.45) is 7.84. The van der Waals surface area contributed by atoms with E-state index in [1.807, 2.05) is 0 Å². The van der Waals surface area contributed by atoms with E-state index in [4.69, 9.17) is 0 Å². The third-order valence-electron chi connectivity index (χ3n) is 4.54. The van der Waals surface area contributed by atoms with E-state index in [1.165, 1.54) is 43.5 Å². The summed E-state index contributed by atoms with van der Waals surface area (Å²) in [7, 11) is -3.49. The monoisotopic (exact) mass is 311 g/mol. The fourth-order valence-corrected chi connectivity index (χ4v) is 4.93. The van der Waals surface area contributed by atoms with Crippen LogP contribution in [0.5, 0.6) is 0 Å². The lowest BCUT2D eigenvalue weighted by molar-refractivity contribution is 0.274. The summed E-state index contributed by atoms with van der Waals surface area (Å²) in [6, 6.07) is 5.35. The molecule has 1 aromatic rings. The fourth-order valence-electron chi connectivity index (χ4n) is 3.17. The van der Waals surface area contributed by atoms with Crippen LogP contribution in [0, 0.1) is 11.7 Å². The van der Waals surface area contributed by atoms with Crippen LogP contribution in [0.2, 0.25) is 0 Å². The van der Waals surface area contributed by atoms with Crippen molar-refractivity contribution in [2.24, 2.45) is 5.92 Å². The quantitative estimate of drug-likeness (QED) is 0.834. The molecule has 0 unspecified atom stereocenters. The van der Waals surface area contributed by atoms with E-state index in [2.05, 4.69) is 0 Å². The highest BCUT2D eigenvalue weighted by Gasteiger charge is 2.39. The number of halogens is 1.